The number of halogens is 1. The fourth-order valence-corrected chi connectivity index (χ4v) is 2.82. The van der Waals surface area contributed by atoms with Crippen LogP contribution < -0.4 is 14.4 Å². The molecule has 1 aromatic carbocycles. The molecule has 0 atom stereocenters. The number of aromatic nitrogens is 1. The van der Waals surface area contributed by atoms with Crippen LogP contribution in [0.2, 0.25) is 5.02 Å². The number of ether oxygens (including phenoxy) is 2. The molecule has 0 bridgehead atoms. The number of carbonyl (C=O) groups excluding carboxylic acids is 1. The van der Waals surface area contributed by atoms with E-state index in [-0.39, 0.29) is 17.5 Å². The average molecular weight is 392 g/mol. The number of anilines is 1. The smallest absolute Gasteiger partial charge is 0.366 e. The minimum atomic E-state index is -1.08. The van der Waals surface area contributed by atoms with Gasteiger partial charge in [-0.05, 0) is 60.5 Å². The molecule has 0 spiro atoms. The normalized spacial score (nSPS) is 15.1. The highest BCUT2D eigenvalue weighted by Gasteiger charge is 2.44. The summed E-state index contributed by atoms with van der Waals surface area (Å²) in [4.78, 5) is 28.5. The fraction of sp³-hybridized carbons (Fsp3) is 0.333. The number of benzene rings is 1. The molecule has 0 radical (unpaired) electrons. The molecule has 1 amide bonds. The van der Waals surface area contributed by atoms with Gasteiger partial charge in [0.25, 0.3) is 11.7 Å². The van der Waals surface area contributed by atoms with Crippen LogP contribution in [-0.2, 0) is 4.79 Å². The van der Waals surface area contributed by atoms with Gasteiger partial charge >= 0.3 is 5.82 Å². The van der Waals surface area contributed by atoms with Gasteiger partial charge in [0.15, 0.2) is 11.4 Å². The van der Waals surface area contributed by atoms with E-state index in [2.05, 4.69) is 4.98 Å². The van der Waals surface area contributed by atoms with Crippen LogP contribution in [0, 0.1) is 10.1 Å². The van der Waals surface area contributed by atoms with Crippen molar-refractivity contribution in [2.24, 2.45) is 0 Å². The van der Waals surface area contributed by atoms with E-state index in [1.807, 2.05) is 0 Å². The molecule has 2 aromatic rings. The molecule has 8 nitrogen and oxygen atoms in total. The summed E-state index contributed by atoms with van der Waals surface area (Å²) >= 11 is 5.83. The van der Waals surface area contributed by atoms with E-state index in [0.717, 1.165) is 0 Å². The van der Waals surface area contributed by atoms with Gasteiger partial charge in [0.05, 0.1) is 6.61 Å². The highest BCUT2D eigenvalue weighted by molar-refractivity contribution is 6.30. The van der Waals surface area contributed by atoms with Gasteiger partial charge in [-0.2, -0.15) is 0 Å². The van der Waals surface area contributed by atoms with Crippen LogP contribution >= 0.6 is 11.6 Å². The van der Waals surface area contributed by atoms with Crippen molar-refractivity contribution in [3.8, 4) is 11.5 Å². The molecule has 1 aromatic heterocycles. The van der Waals surface area contributed by atoms with E-state index in [9.17, 15) is 14.9 Å². The van der Waals surface area contributed by atoms with Gasteiger partial charge in [-0.15, -0.1) is 0 Å². The largest absolute Gasteiger partial charge is 0.494 e. The van der Waals surface area contributed by atoms with Gasteiger partial charge in [-0.25, -0.2) is 0 Å². The minimum Gasteiger partial charge on any atom is -0.494 e. The molecular formula is C18H18ClN3O5. The van der Waals surface area contributed by atoms with Crippen molar-refractivity contribution < 1.29 is 19.2 Å². The lowest BCUT2D eigenvalue weighted by Gasteiger charge is -2.35. The van der Waals surface area contributed by atoms with Gasteiger partial charge in [0, 0.05) is 17.6 Å². The molecule has 0 saturated heterocycles. The van der Waals surface area contributed by atoms with Crippen molar-refractivity contribution >= 4 is 29.1 Å². The molecule has 0 aliphatic carbocycles. The second-order valence-electron chi connectivity index (χ2n) is 6.47. The maximum atomic E-state index is 12.7. The Kier molecular flexibility index (Phi) is 5.18. The van der Waals surface area contributed by atoms with E-state index in [1.54, 1.807) is 38.1 Å². The number of amides is 1. The number of hydrogen-bond donors (Lipinski definition) is 0. The zero-order valence-electron chi connectivity index (χ0n) is 14.8. The number of rotatable bonds is 6. The zero-order chi connectivity index (χ0) is 19.6. The summed E-state index contributed by atoms with van der Waals surface area (Å²) in [5.41, 5.74) is -1.08. The van der Waals surface area contributed by atoms with Crippen molar-refractivity contribution in [1.29, 1.82) is 0 Å². The number of hydrogen-bond acceptors (Lipinski definition) is 6. The molecule has 1 aliphatic heterocycles. The second-order valence-corrected chi connectivity index (χ2v) is 6.91. The molecule has 1 aliphatic rings. The summed E-state index contributed by atoms with van der Waals surface area (Å²) in [5.74, 6) is 0.507. The van der Waals surface area contributed by atoms with Crippen molar-refractivity contribution in [3.05, 3.63) is 51.5 Å². The Morgan fingerprint density at radius 3 is 2.63 bits per heavy atom. The first-order chi connectivity index (χ1) is 12.8. The maximum absolute atomic E-state index is 12.7. The lowest BCUT2D eigenvalue weighted by atomic mass is 10.1. The number of nitro groups is 1. The number of nitrogens with zero attached hydrogens (tertiary/aromatic N) is 3. The standard InChI is InChI=1S/C18H18ClN3O5/c1-18(2)17(23)21(10-3-11-26-13-6-4-12(19)5-7-13)16-14(27-18)8-9-15(20-16)22(24)25/h4-9H,3,10-11H2,1-2H3. The van der Waals surface area contributed by atoms with E-state index < -0.39 is 10.5 Å². The zero-order valence-corrected chi connectivity index (χ0v) is 15.6. The van der Waals surface area contributed by atoms with Crippen molar-refractivity contribution in [1.82, 2.24) is 4.98 Å². The number of pyridine rings is 1. The molecule has 0 unspecified atom stereocenters. The van der Waals surface area contributed by atoms with Gasteiger partial charge in [0.1, 0.15) is 5.75 Å². The molecule has 3 rings (SSSR count). The lowest BCUT2D eigenvalue weighted by Crippen LogP contribution is -2.53. The summed E-state index contributed by atoms with van der Waals surface area (Å²) < 4.78 is 11.3. The van der Waals surface area contributed by atoms with Gasteiger partial charge in [-0.3, -0.25) is 9.69 Å². The third-order valence-electron chi connectivity index (χ3n) is 4.00. The van der Waals surface area contributed by atoms with Gasteiger partial charge < -0.3 is 19.6 Å². The van der Waals surface area contributed by atoms with Gasteiger partial charge in [0.2, 0.25) is 0 Å². The first-order valence-electron chi connectivity index (χ1n) is 8.33. The maximum Gasteiger partial charge on any atom is 0.366 e. The quantitative estimate of drug-likeness (QED) is 0.424. The first-order valence-corrected chi connectivity index (χ1v) is 8.70. The topological polar surface area (TPSA) is 94.8 Å². The highest BCUT2D eigenvalue weighted by Crippen LogP contribution is 2.37. The summed E-state index contributed by atoms with van der Waals surface area (Å²) in [6.45, 7) is 3.95. The van der Waals surface area contributed by atoms with Crippen LogP contribution in [0.15, 0.2) is 36.4 Å². The van der Waals surface area contributed by atoms with Crippen LogP contribution in [0.4, 0.5) is 11.6 Å². The van der Waals surface area contributed by atoms with Crippen LogP contribution in [-0.4, -0.2) is 34.6 Å². The molecule has 2 heterocycles. The third-order valence-corrected chi connectivity index (χ3v) is 4.25. The Morgan fingerprint density at radius 2 is 1.96 bits per heavy atom. The van der Waals surface area contributed by atoms with Crippen LogP contribution in [0.1, 0.15) is 20.3 Å². The number of carbonyl (C=O) groups is 1. The lowest BCUT2D eigenvalue weighted by molar-refractivity contribution is -0.389. The average Bonchev–Trinajstić information content (AvgIpc) is 2.62. The monoisotopic (exact) mass is 391 g/mol. The van der Waals surface area contributed by atoms with E-state index in [1.165, 1.54) is 17.0 Å². The Labute approximate surface area is 160 Å². The van der Waals surface area contributed by atoms with Crippen molar-refractivity contribution in [3.63, 3.8) is 0 Å². The Balaban J connectivity index is 1.73. The predicted octanol–water partition coefficient (Wildman–Crippen LogP) is 3.62. The van der Waals surface area contributed by atoms with Gasteiger partial charge in [-0.1, -0.05) is 11.6 Å². The third kappa shape index (κ3) is 4.11. The van der Waals surface area contributed by atoms with Crippen LogP contribution in [0.25, 0.3) is 0 Å². The molecule has 0 N–H and O–H groups in total. The second kappa shape index (κ2) is 7.40. The Bertz CT molecular complexity index is 870. The Morgan fingerprint density at radius 1 is 1.26 bits per heavy atom. The Hall–Kier alpha value is -2.87. The summed E-state index contributed by atoms with van der Waals surface area (Å²) in [6.07, 6.45) is 0.508. The fourth-order valence-electron chi connectivity index (χ4n) is 2.69. The van der Waals surface area contributed by atoms with E-state index in [0.29, 0.717) is 36.1 Å². The SMILES string of the molecule is CC1(C)Oc2ccc([N+](=O)[O-])nc2N(CCCOc2ccc(Cl)cc2)C1=O. The molecule has 9 heteroatoms. The van der Waals surface area contributed by atoms with E-state index >= 15 is 0 Å². The molecule has 0 saturated carbocycles. The number of fused-ring (bicyclic) bond motifs is 1. The minimum absolute atomic E-state index is 0.153. The summed E-state index contributed by atoms with van der Waals surface area (Å²) in [7, 11) is 0. The van der Waals surface area contributed by atoms with Crippen molar-refractivity contribution in [2.75, 3.05) is 18.1 Å². The van der Waals surface area contributed by atoms with E-state index in [4.69, 9.17) is 21.1 Å². The van der Waals surface area contributed by atoms with Crippen molar-refractivity contribution in [2.45, 2.75) is 25.9 Å². The highest BCUT2D eigenvalue weighted by atomic mass is 35.5. The molecule has 142 valence electrons. The molecular weight excluding hydrogens is 374 g/mol. The summed E-state index contributed by atoms with van der Waals surface area (Å²) in [5, 5.41) is 11.6. The molecule has 27 heavy (non-hydrogen) atoms. The van der Waals surface area contributed by atoms with Crippen LogP contribution in [0.5, 0.6) is 11.5 Å². The predicted molar refractivity (Wildman–Crippen MR) is 99.5 cm³/mol. The van der Waals surface area contributed by atoms with Crippen LogP contribution in [0.3, 0.4) is 0 Å². The first kappa shape index (κ1) is 18.9. The summed E-state index contributed by atoms with van der Waals surface area (Å²) in [6, 6.07) is 9.68. The molecule has 0 fully saturated rings.